The number of methoxy groups -OCH3 is 1. The van der Waals surface area contributed by atoms with Crippen LogP contribution in [0, 0.1) is 4.84 Å². The number of quaternary nitrogens is 1. The summed E-state index contributed by atoms with van der Waals surface area (Å²) in [7, 11) is 1.34. The number of esters is 1. The van der Waals surface area contributed by atoms with Crippen LogP contribution in [0.3, 0.4) is 0 Å². The van der Waals surface area contributed by atoms with Gasteiger partial charge in [-0.3, -0.25) is 0 Å². The molecule has 2 aromatic rings. The molecule has 3 rings (SSSR count). The fourth-order valence-electron chi connectivity index (χ4n) is 3.18. The van der Waals surface area contributed by atoms with Crippen molar-refractivity contribution in [1.82, 2.24) is 9.78 Å². The highest BCUT2D eigenvalue weighted by Gasteiger charge is 2.41. The van der Waals surface area contributed by atoms with Crippen molar-refractivity contribution in [2.24, 2.45) is 0 Å². The third-order valence-corrected chi connectivity index (χ3v) is 4.65. The van der Waals surface area contributed by atoms with E-state index in [1.807, 2.05) is 31.2 Å². The van der Waals surface area contributed by atoms with Crippen molar-refractivity contribution in [2.75, 3.05) is 20.3 Å². The van der Waals surface area contributed by atoms with Crippen molar-refractivity contribution in [2.45, 2.75) is 32.2 Å². The van der Waals surface area contributed by atoms with E-state index in [-0.39, 0.29) is 10.8 Å². The highest BCUT2D eigenvalue weighted by Crippen LogP contribution is 2.28. The molecule has 0 saturated carbocycles. The van der Waals surface area contributed by atoms with E-state index in [1.165, 1.54) is 11.8 Å². The van der Waals surface area contributed by atoms with Crippen molar-refractivity contribution >= 4 is 18.2 Å². The number of hydrogen-bond acceptors (Lipinski definition) is 7. The lowest BCUT2D eigenvalue weighted by Crippen LogP contribution is -3.14. The van der Waals surface area contributed by atoms with E-state index in [9.17, 15) is 9.90 Å². The van der Waals surface area contributed by atoms with E-state index in [2.05, 4.69) is 5.10 Å². The van der Waals surface area contributed by atoms with Crippen LogP contribution in [0.2, 0.25) is 0 Å². The molecule has 0 bridgehead atoms. The minimum absolute atomic E-state index is 0.198. The quantitative estimate of drug-likeness (QED) is 0.554. The Morgan fingerprint density at radius 2 is 2.27 bits per heavy atom. The number of hydrogen-bond donors (Lipinski definition) is 2. The monoisotopic (exact) mass is 380 g/mol. The smallest absolute Gasteiger partial charge is 0.364 e. The van der Waals surface area contributed by atoms with Crippen molar-refractivity contribution in [3.05, 3.63) is 29.1 Å². The number of carbonyl (C=O) groups is 1. The molecule has 140 valence electrons. The molecule has 3 atom stereocenters. The molecule has 0 radical (unpaired) electrons. The van der Waals surface area contributed by atoms with E-state index in [1.54, 1.807) is 0 Å². The minimum atomic E-state index is -0.562. The number of nitrogens with one attached hydrogen (secondary N) is 1. The predicted molar refractivity (Wildman–Crippen MR) is 94.2 cm³/mol. The van der Waals surface area contributed by atoms with Crippen molar-refractivity contribution in [3.63, 3.8) is 0 Å². The fraction of sp³-hybridized carbons (Fsp3) is 0.471. The Balaban J connectivity index is 1.85. The number of nitrogens with zero attached hydrogens (tertiary/aromatic N) is 2. The fourth-order valence-corrected chi connectivity index (χ4v) is 3.36. The first-order valence-corrected chi connectivity index (χ1v) is 8.85. The van der Waals surface area contributed by atoms with Gasteiger partial charge in [0.2, 0.25) is 0 Å². The Morgan fingerprint density at radius 3 is 3.00 bits per heavy atom. The summed E-state index contributed by atoms with van der Waals surface area (Å²) in [5.41, 5.74) is 0.708. The van der Waals surface area contributed by atoms with Crippen LogP contribution in [-0.4, -0.2) is 53.3 Å². The lowest BCUT2D eigenvalue weighted by atomic mass is 10.2. The molecule has 0 aliphatic carbocycles. The second-order valence-electron chi connectivity index (χ2n) is 6.09. The molecule has 8 nitrogen and oxygen atoms in total. The normalized spacial score (nSPS) is 22.3. The maximum absolute atomic E-state index is 11.9. The summed E-state index contributed by atoms with van der Waals surface area (Å²) in [5, 5.41) is 14.4. The lowest BCUT2D eigenvalue weighted by molar-refractivity contribution is -0.928. The SMILES string of the molecule is CCOc1ccccc1-c1nn(C[NH+]2C[C@@H](O)C[C@H]2C(=O)OC)c(=S)o1. The van der Waals surface area contributed by atoms with Gasteiger partial charge in [-0.2, -0.15) is 4.68 Å². The summed E-state index contributed by atoms with van der Waals surface area (Å²) in [6.45, 7) is 3.14. The molecular weight excluding hydrogens is 358 g/mol. The Kier molecular flexibility index (Phi) is 5.70. The summed E-state index contributed by atoms with van der Waals surface area (Å²) in [6.07, 6.45) is -0.207. The second-order valence-corrected chi connectivity index (χ2v) is 6.44. The highest BCUT2D eigenvalue weighted by molar-refractivity contribution is 7.71. The van der Waals surface area contributed by atoms with Gasteiger partial charge in [0.05, 0.1) is 19.3 Å². The van der Waals surface area contributed by atoms with E-state index in [4.69, 9.17) is 26.1 Å². The number of benzene rings is 1. The molecule has 2 N–H and O–H groups in total. The van der Waals surface area contributed by atoms with Gasteiger partial charge in [-0.05, 0) is 31.3 Å². The number of aliphatic hydroxyl groups excluding tert-OH is 1. The van der Waals surface area contributed by atoms with Gasteiger partial charge in [-0.1, -0.05) is 12.1 Å². The van der Waals surface area contributed by atoms with Crippen LogP contribution in [0.25, 0.3) is 11.5 Å². The van der Waals surface area contributed by atoms with Gasteiger partial charge in [0.25, 0.3) is 10.7 Å². The van der Waals surface area contributed by atoms with E-state index < -0.39 is 12.1 Å². The zero-order chi connectivity index (χ0) is 18.7. The standard InChI is InChI=1S/C17H21N3O5S/c1-3-24-14-7-5-4-6-12(14)15-18-20(17(26)25-15)10-19-9-11(21)8-13(19)16(22)23-2/h4-7,11,13,21H,3,8-10H2,1-2H3/p+1/t11-,13-/m0/s1. The van der Waals surface area contributed by atoms with E-state index in [0.717, 1.165) is 4.90 Å². The van der Waals surface area contributed by atoms with Crippen molar-refractivity contribution < 1.29 is 28.7 Å². The molecule has 1 aromatic carbocycles. The lowest BCUT2D eigenvalue weighted by Gasteiger charge is -2.18. The Bertz CT molecular complexity index is 834. The molecule has 1 unspecified atom stereocenters. The minimum Gasteiger partial charge on any atom is -0.493 e. The third-order valence-electron chi connectivity index (χ3n) is 4.36. The zero-order valence-corrected chi connectivity index (χ0v) is 15.5. The van der Waals surface area contributed by atoms with Gasteiger partial charge in [-0.25, -0.2) is 4.79 Å². The maximum atomic E-state index is 11.9. The molecular formula is C17H22N3O5S+. The summed E-state index contributed by atoms with van der Waals surface area (Å²) in [6, 6.07) is 6.97. The van der Waals surface area contributed by atoms with Crippen LogP contribution in [0.1, 0.15) is 13.3 Å². The molecule has 1 aliphatic rings. The highest BCUT2D eigenvalue weighted by atomic mass is 32.1. The molecule has 26 heavy (non-hydrogen) atoms. The van der Waals surface area contributed by atoms with Crippen molar-refractivity contribution in [1.29, 1.82) is 0 Å². The van der Waals surface area contributed by atoms with Crippen LogP contribution in [-0.2, 0) is 16.2 Å². The van der Waals surface area contributed by atoms with Gasteiger partial charge >= 0.3 is 5.97 Å². The first-order chi connectivity index (χ1) is 12.5. The van der Waals surface area contributed by atoms with Gasteiger partial charge in [0.15, 0.2) is 12.7 Å². The van der Waals surface area contributed by atoms with Crippen LogP contribution >= 0.6 is 12.2 Å². The second kappa shape index (κ2) is 7.98. The average molecular weight is 380 g/mol. The van der Waals surface area contributed by atoms with Crippen LogP contribution in [0.15, 0.2) is 28.7 Å². The van der Waals surface area contributed by atoms with Gasteiger partial charge < -0.3 is 23.9 Å². The largest absolute Gasteiger partial charge is 0.493 e. The molecule has 1 aliphatic heterocycles. The summed E-state index contributed by atoms with van der Waals surface area (Å²) >= 11 is 5.28. The molecule has 1 fully saturated rings. The van der Waals surface area contributed by atoms with Crippen molar-refractivity contribution in [3.8, 4) is 17.2 Å². The molecule has 9 heteroatoms. The topological polar surface area (TPSA) is 91.2 Å². The number of rotatable bonds is 6. The Morgan fingerprint density at radius 1 is 1.50 bits per heavy atom. The number of ether oxygens (including phenoxy) is 2. The predicted octanol–water partition coefficient (Wildman–Crippen LogP) is 0.420. The molecule has 0 amide bonds. The Labute approximate surface area is 155 Å². The average Bonchev–Trinajstić information content (AvgIpc) is 3.18. The number of aromatic nitrogens is 2. The molecule has 2 heterocycles. The third kappa shape index (κ3) is 3.79. The van der Waals surface area contributed by atoms with Gasteiger partial charge in [0, 0.05) is 6.42 Å². The van der Waals surface area contributed by atoms with E-state index in [0.29, 0.717) is 43.4 Å². The van der Waals surface area contributed by atoms with Gasteiger partial charge in [0.1, 0.15) is 18.4 Å². The molecule has 1 saturated heterocycles. The summed E-state index contributed by atoms with van der Waals surface area (Å²) < 4.78 is 17.6. The van der Waals surface area contributed by atoms with Crippen LogP contribution in [0.5, 0.6) is 5.75 Å². The van der Waals surface area contributed by atoms with Crippen LogP contribution in [0.4, 0.5) is 0 Å². The first-order valence-electron chi connectivity index (χ1n) is 8.44. The molecule has 1 aromatic heterocycles. The first kappa shape index (κ1) is 18.6. The summed E-state index contributed by atoms with van der Waals surface area (Å²) in [4.78, 5) is 13.0. The number of likely N-dealkylation sites (tertiary alicyclic amines) is 1. The molecule has 0 spiro atoms. The van der Waals surface area contributed by atoms with Crippen LogP contribution < -0.4 is 9.64 Å². The van der Waals surface area contributed by atoms with E-state index >= 15 is 0 Å². The maximum Gasteiger partial charge on any atom is 0.364 e. The Hall–Kier alpha value is -2.23. The number of aliphatic hydroxyl groups is 1. The number of carbonyl (C=O) groups excluding carboxylic acids is 1. The van der Waals surface area contributed by atoms with Gasteiger partial charge in [-0.15, -0.1) is 5.10 Å². The number of para-hydroxylation sites is 1. The summed E-state index contributed by atoms with van der Waals surface area (Å²) in [5.74, 6) is 0.663. The zero-order valence-electron chi connectivity index (χ0n) is 14.7.